The van der Waals surface area contributed by atoms with Gasteiger partial charge in [-0.2, -0.15) is 0 Å². The Morgan fingerprint density at radius 3 is 2.47 bits per heavy atom. The zero-order valence-corrected chi connectivity index (χ0v) is 7.70. The molecule has 3 nitrogen and oxygen atoms in total. The van der Waals surface area contributed by atoms with Crippen LogP contribution in [0.5, 0.6) is 0 Å². The third kappa shape index (κ3) is 1.74. The highest BCUT2D eigenvalue weighted by Crippen LogP contribution is 2.23. The molecular formula is C11H8FNO2. The fraction of sp³-hybridized carbons (Fsp3) is 0. The Hall–Kier alpha value is -2.10. The monoisotopic (exact) mass is 205 g/mol. The second-order valence-electron chi connectivity index (χ2n) is 3.09. The number of hydrogen-bond donors (Lipinski definition) is 2. The number of aromatic nitrogens is 1. The van der Waals surface area contributed by atoms with E-state index in [1.807, 2.05) is 0 Å². The Balaban J connectivity index is 2.49. The number of aromatic carboxylic acids is 1. The van der Waals surface area contributed by atoms with Crippen LogP contribution in [0.2, 0.25) is 0 Å². The van der Waals surface area contributed by atoms with Crippen LogP contribution in [0.25, 0.3) is 11.1 Å². The van der Waals surface area contributed by atoms with Crippen molar-refractivity contribution >= 4 is 5.97 Å². The molecule has 0 unspecified atom stereocenters. The van der Waals surface area contributed by atoms with Crippen molar-refractivity contribution in [3.05, 3.63) is 48.0 Å². The van der Waals surface area contributed by atoms with Crippen molar-refractivity contribution in [1.29, 1.82) is 0 Å². The van der Waals surface area contributed by atoms with Gasteiger partial charge in [-0.3, -0.25) is 0 Å². The van der Waals surface area contributed by atoms with Gasteiger partial charge in [0.2, 0.25) is 0 Å². The first-order chi connectivity index (χ1) is 7.18. The maximum absolute atomic E-state index is 12.7. The number of carboxylic acids is 1. The molecule has 0 spiro atoms. The van der Waals surface area contributed by atoms with Gasteiger partial charge in [0.05, 0.1) is 5.56 Å². The van der Waals surface area contributed by atoms with Crippen LogP contribution < -0.4 is 0 Å². The van der Waals surface area contributed by atoms with Crippen LogP contribution in [0.15, 0.2) is 36.7 Å². The van der Waals surface area contributed by atoms with E-state index in [9.17, 15) is 9.18 Å². The summed E-state index contributed by atoms with van der Waals surface area (Å²) in [4.78, 5) is 13.5. The smallest absolute Gasteiger partial charge is 0.337 e. The lowest BCUT2D eigenvalue weighted by Gasteiger charge is -1.99. The summed E-state index contributed by atoms with van der Waals surface area (Å²) in [5, 5.41) is 8.88. The maximum atomic E-state index is 12.7. The predicted octanol–water partition coefficient (Wildman–Crippen LogP) is 2.52. The summed E-state index contributed by atoms with van der Waals surface area (Å²) < 4.78 is 12.7. The normalized spacial score (nSPS) is 10.2. The van der Waals surface area contributed by atoms with E-state index in [0.717, 1.165) is 0 Å². The van der Waals surface area contributed by atoms with Crippen LogP contribution in [0.3, 0.4) is 0 Å². The third-order valence-electron chi connectivity index (χ3n) is 2.13. The van der Waals surface area contributed by atoms with Gasteiger partial charge in [0.25, 0.3) is 0 Å². The minimum absolute atomic E-state index is 0.182. The van der Waals surface area contributed by atoms with Gasteiger partial charge in [0, 0.05) is 18.0 Å². The number of rotatable bonds is 2. The number of halogens is 1. The SMILES string of the molecule is O=C(O)c1c[nH]cc1-c1ccc(F)cc1. The fourth-order valence-corrected chi connectivity index (χ4v) is 1.41. The minimum atomic E-state index is -1.00. The quantitative estimate of drug-likeness (QED) is 0.791. The molecule has 0 saturated heterocycles. The van der Waals surface area contributed by atoms with Gasteiger partial charge in [-0.15, -0.1) is 0 Å². The molecule has 76 valence electrons. The Morgan fingerprint density at radius 2 is 1.87 bits per heavy atom. The van der Waals surface area contributed by atoms with Crippen molar-refractivity contribution in [3.63, 3.8) is 0 Å². The fourth-order valence-electron chi connectivity index (χ4n) is 1.41. The Bertz CT molecular complexity index is 488. The summed E-state index contributed by atoms with van der Waals surface area (Å²) in [6, 6.07) is 5.69. The minimum Gasteiger partial charge on any atom is -0.478 e. The van der Waals surface area contributed by atoms with Crippen LogP contribution in [-0.2, 0) is 0 Å². The number of benzene rings is 1. The zero-order chi connectivity index (χ0) is 10.8. The largest absolute Gasteiger partial charge is 0.478 e. The van der Waals surface area contributed by atoms with E-state index in [4.69, 9.17) is 5.11 Å². The van der Waals surface area contributed by atoms with E-state index in [0.29, 0.717) is 11.1 Å². The highest BCUT2D eigenvalue weighted by Gasteiger charge is 2.12. The lowest BCUT2D eigenvalue weighted by molar-refractivity contribution is 0.0698. The van der Waals surface area contributed by atoms with Gasteiger partial charge in [-0.1, -0.05) is 12.1 Å². The molecule has 0 atom stereocenters. The van der Waals surface area contributed by atoms with Crippen molar-refractivity contribution in [2.45, 2.75) is 0 Å². The summed E-state index contributed by atoms with van der Waals surface area (Å²) in [5.74, 6) is -1.35. The first-order valence-electron chi connectivity index (χ1n) is 4.34. The average Bonchev–Trinajstić information content (AvgIpc) is 2.67. The van der Waals surface area contributed by atoms with Gasteiger partial charge in [-0.25, -0.2) is 9.18 Å². The van der Waals surface area contributed by atoms with Crippen molar-refractivity contribution in [1.82, 2.24) is 4.98 Å². The molecule has 2 N–H and O–H groups in total. The van der Waals surface area contributed by atoms with Crippen LogP contribution in [-0.4, -0.2) is 16.1 Å². The molecule has 2 rings (SSSR count). The van der Waals surface area contributed by atoms with Gasteiger partial charge in [-0.05, 0) is 17.7 Å². The second-order valence-corrected chi connectivity index (χ2v) is 3.09. The Kier molecular flexibility index (Phi) is 2.25. The van der Waals surface area contributed by atoms with Gasteiger partial charge >= 0.3 is 5.97 Å². The standard InChI is InChI=1S/C11H8FNO2/c12-8-3-1-7(2-4-8)9-5-13-6-10(9)11(14)15/h1-6,13H,(H,14,15). The van der Waals surface area contributed by atoms with Crippen molar-refractivity contribution in [2.24, 2.45) is 0 Å². The van der Waals surface area contributed by atoms with E-state index in [1.54, 1.807) is 18.3 Å². The van der Waals surface area contributed by atoms with E-state index in [-0.39, 0.29) is 11.4 Å². The molecule has 0 aliphatic carbocycles. The summed E-state index contributed by atoms with van der Waals surface area (Å²) in [6.45, 7) is 0. The molecule has 0 aliphatic heterocycles. The number of carboxylic acid groups (broad SMARTS) is 1. The molecule has 1 aromatic carbocycles. The molecule has 2 aromatic rings. The number of aromatic amines is 1. The van der Waals surface area contributed by atoms with Crippen LogP contribution in [0.4, 0.5) is 4.39 Å². The van der Waals surface area contributed by atoms with E-state index >= 15 is 0 Å². The first kappa shape index (κ1) is 9.45. The summed E-state index contributed by atoms with van der Waals surface area (Å²) in [5.41, 5.74) is 1.42. The maximum Gasteiger partial charge on any atom is 0.337 e. The third-order valence-corrected chi connectivity index (χ3v) is 2.13. The predicted molar refractivity (Wildman–Crippen MR) is 53.1 cm³/mol. The van der Waals surface area contributed by atoms with Crippen molar-refractivity contribution in [3.8, 4) is 11.1 Å². The van der Waals surface area contributed by atoms with E-state index in [1.165, 1.54) is 18.3 Å². The highest BCUT2D eigenvalue weighted by molar-refractivity contribution is 5.95. The molecule has 0 amide bonds. The molecule has 0 aliphatic rings. The molecular weight excluding hydrogens is 197 g/mol. The van der Waals surface area contributed by atoms with Crippen LogP contribution >= 0.6 is 0 Å². The van der Waals surface area contributed by atoms with Crippen molar-refractivity contribution < 1.29 is 14.3 Å². The molecule has 0 radical (unpaired) electrons. The van der Waals surface area contributed by atoms with Crippen molar-refractivity contribution in [2.75, 3.05) is 0 Å². The molecule has 0 saturated carbocycles. The second kappa shape index (κ2) is 3.57. The van der Waals surface area contributed by atoms with Gasteiger partial charge in [0.1, 0.15) is 5.82 Å². The molecule has 0 fully saturated rings. The van der Waals surface area contributed by atoms with E-state index < -0.39 is 5.97 Å². The summed E-state index contributed by atoms with van der Waals surface area (Å²) >= 11 is 0. The molecule has 4 heteroatoms. The molecule has 1 heterocycles. The Morgan fingerprint density at radius 1 is 1.20 bits per heavy atom. The van der Waals surface area contributed by atoms with Gasteiger partial charge in [0.15, 0.2) is 0 Å². The number of hydrogen-bond acceptors (Lipinski definition) is 1. The summed E-state index contributed by atoms with van der Waals surface area (Å²) in [7, 11) is 0. The molecule has 1 aromatic heterocycles. The highest BCUT2D eigenvalue weighted by atomic mass is 19.1. The van der Waals surface area contributed by atoms with Gasteiger partial charge < -0.3 is 10.1 Å². The first-order valence-corrected chi connectivity index (χ1v) is 4.34. The number of carbonyl (C=O) groups is 1. The topological polar surface area (TPSA) is 53.1 Å². The molecule has 0 bridgehead atoms. The van der Waals surface area contributed by atoms with Crippen LogP contribution in [0, 0.1) is 5.82 Å². The lowest BCUT2D eigenvalue weighted by Crippen LogP contribution is -1.95. The van der Waals surface area contributed by atoms with E-state index in [2.05, 4.69) is 4.98 Å². The number of nitrogens with one attached hydrogen (secondary N) is 1. The number of H-pyrrole nitrogens is 1. The summed E-state index contributed by atoms with van der Waals surface area (Å²) in [6.07, 6.45) is 2.98. The lowest BCUT2D eigenvalue weighted by atomic mass is 10.1. The zero-order valence-electron chi connectivity index (χ0n) is 7.70. The molecule has 15 heavy (non-hydrogen) atoms. The Labute approximate surface area is 85.2 Å². The van der Waals surface area contributed by atoms with Crippen LogP contribution in [0.1, 0.15) is 10.4 Å². The average molecular weight is 205 g/mol.